The quantitative estimate of drug-likeness (QED) is 0.658. The van der Waals surface area contributed by atoms with Gasteiger partial charge in [0, 0.05) is 0 Å². The molecule has 3 aromatic rings. The number of rotatable bonds is 2. The van der Waals surface area contributed by atoms with Gasteiger partial charge in [-0.2, -0.15) is 0 Å². The van der Waals surface area contributed by atoms with Gasteiger partial charge in [0.25, 0.3) is 0 Å². The van der Waals surface area contributed by atoms with E-state index < -0.39 is 0 Å². The highest BCUT2D eigenvalue weighted by Crippen LogP contribution is 2.28. The summed E-state index contributed by atoms with van der Waals surface area (Å²) in [6, 6.07) is 19.4. The summed E-state index contributed by atoms with van der Waals surface area (Å²) in [6.07, 6.45) is 0.936. The van der Waals surface area contributed by atoms with Crippen molar-refractivity contribution in [1.29, 1.82) is 0 Å². The van der Waals surface area contributed by atoms with E-state index in [2.05, 4.69) is 54.6 Å². The maximum absolute atomic E-state index is 5.70. The van der Waals surface area contributed by atoms with E-state index in [0.29, 0.717) is 6.54 Å². The smallest absolute Gasteiger partial charge is 0.00365 e. The molecule has 0 saturated heterocycles. The molecule has 0 aliphatic heterocycles. The van der Waals surface area contributed by atoms with Gasteiger partial charge < -0.3 is 5.73 Å². The van der Waals surface area contributed by atoms with E-state index in [0.717, 1.165) is 6.42 Å². The van der Waals surface area contributed by atoms with Crippen LogP contribution in [0, 0.1) is 0 Å². The molecule has 1 heteroatoms. The van der Waals surface area contributed by atoms with Crippen LogP contribution >= 0.6 is 0 Å². The predicted octanol–water partition coefficient (Wildman–Crippen LogP) is 3.49. The zero-order valence-electron chi connectivity index (χ0n) is 9.69. The lowest BCUT2D eigenvalue weighted by atomic mass is 9.96. The third-order valence-electron chi connectivity index (χ3n) is 3.27. The van der Waals surface area contributed by atoms with Gasteiger partial charge in [-0.1, -0.05) is 54.6 Å². The summed E-state index contributed by atoms with van der Waals surface area (Å²) in [6.45, 7) is 0.697. The van der Waals surface area contributed by atoms with Crippen molar-refractivity contribution in [2.75, 3.05) is 6.54 Å². The molecule has 0 amide bonds. The second kappa shape index (κ2) is 4.19. The van der Waals surface area contributed by atoms with Crippen molar-refractivity contribution in [2.45, 2.75) is 6.42 Å². The van der Waals surface area contributed by atoms with Crippen LogP contribution in [-0.2, 0) is 6.42 Å². The highest BCUT2D eigenvalue weighted by atomic mass is 14.5. The number of nitrogens with two attached hydrogens (primary N) is 1. The maximum Gasteiger partial charge on any atom is -0.00365 e. The zero-order valence-corrected chi connectivity index (χ0v) is 9.69. The van der Waals surface area contributed by atoms with Crippen LogP contribution in [0.5, 0.6) is 0 Å². The highest BCUT2D eigenvalue weighted by molar-refractivity contribution is 6.08. The summed E-state index contributed by atoms with van der Waals surface area (Å²) in [4.78, 5) is 0. The molecular formula is C16H15N. The molecule has 0 bridgehead atoms. The Morgan fingerprint density at radius 1 is 0.765 bits per heavy atom. The van der Waals surface area contributed by atoms with Crippen molar-refractivity contribution >= 4 is 21.5 Å². The van der Waals surface area contributed by atoms with Crippen molar-refractivity contribution < 1.29 is 0 Å². The number of hydrogen-bond acceptors (Lipinski definition) is 1. The molecule has 3 aromatic carbocycles. The minimum absolute atomic E-state index is 0.697. The first-order chi connectivity index (χ1) is 8.40. The fourth-order valence-corrected chi connectivity index (χ4v) is 2.49. The second-order valence-electron chi connectivity index (χ2n) is 4.34. The van der Waals surface area contributed by atoms with Gasteiger partial charge in [-0.05, 0) is 40.1 Å². The van der Waals surface area contributed by atoms with Crippen molar-refractivity contribution in [3.8, 4) is 0 Å². The molecule has 0 aliphatic rings. The molecule has 0 spiro atoms. The molecule has 0 aromatic heterocycles. The van der Waals surface area contributed by atoms with Gasteiger partial charge >= 0.3 is 0 Å². The van der Waals surface area contributed by atoms with Gasteiger partial charge in [0.2, 0.25) is 0 Å². The van der Waals surface area contributed by atoms with E-state index in [1.807, 2.05) is 0 Å². The monoisotopic (exact) mass is 221 g/mol. The van der Waals surface area contributed by atoms with E-state index in [4.69, 9.17) is 5.73 Å². The Labute approximate surface area is 101 Å². The summed E-state index contributed by atoms with van der Waals surface area (Å²) in [7, 11) is 0. The van der Waals surface area contributed by atoms with Crippen LogP contribution in [0.1, 0.15) is 5.56 Å². The molecule has 0 aliphatic carbocycles. The Balaban J connectivity index is 2.45. The molecule has 0 saturated carbocycles. The molecule has 17 heavy (non-hydrogen) atoms. The zero-order chi connectivity index (χ0) is 11.7. The minimum atomic E-state index is 0.697. The molecule has 0 atom stereocenters. The molecular weight excluding hydrogens is 206 g/mol. The van der Waals surface area contributed by atoms with Crippen molar-refractivity contribution in [3.05, 3.63) is 60.2 Å². The third kappa shape index (κ3) is 1.69. The summed E-state index contributed by atoms with van der Waals surface area (Å²) in [5.41, 5.74) is 7.04. The van der Waals surface area contributed by atoms with Gasteiger partial charge in [0.05, 0.1) is 0 Å². The van der Waals surface area contributed by atoms with Crippen molar-refractivity contribution in [3.63, 3.8) is 0 Å². The lowest BCUT2D eigenvalue weighted by molar-refractivity contribution is 0.979. The predicted molar refractivity (Wildman–Crippen MR) is 74.2 cm³/mol. The lowest BCUT2D eigenvalue weighted by Gasteiger charge is -2.09. The van der Waals surface area contributed by atoms with Crippen LogP contribution in [0.2, 0.25) is 0 Å². The number of benzene rings is 3. The van der Waals surface area contributed by atoms with Crippen molar-refractivity contribution in [2.24, 2.45) is 5.73 Å². The summed E-state index contributed by atoms with van der Waals surface area (Å²) >= 11 is 0. The van der Waals surface area contributed by atoms with E-state index >= 15 is 0 Å². The van der Waals surface area contributed by atoms with E-state index in [1.54, 1.807) is 0 Å². The SMILES string of the molecule is NCCc1cc2ccccc2c2ccccc12. The standard InChI is InChI=1S/C16H15N/c17-10-9-13-11-12-5-1-2-6-14(12)16-8-4-3-7-15(13)16/h1-8,11H,9-10,17H2. The highest BCUT2D eigenvalue weighted by Gasteiger charge is 2.04. The van der Waals surface area contributed by atoms with Gasteiger partial charge in [-0.3, -0.25) is 0 Å². The Morgan fingerprint density at radius 2 is 1.41 bits per heavy atom. The number of hydrogen-bond donors (Lipinski definition) is 1. The summed E-state index contributed by atoms with van der Waals surface area (Å²) in [5.74, 6) is 0. The minimum Gasteiger partial charge on any atom is -0.330 e. The second-order valence-corrected chi connectivity index (χ2v) is 4.34. The van der Waals surface area contributed by atoms with Crippen LogP contribution in [0.15, 0.2) is 54.6 Å². The average molecular weight is 221 g/mol. The van der Waals surface area contributed by atoms with Crippen LogP contribution in [0.25, 0.3) is 21.5 Å². The molecule has 0 unspecified atom stereocenters. The van der Waals surface area contributed by atoms with Gasteiger partial charge in [0.1, 0.15) is 0 Å². The largest absolute Gasteiger partial charge is 0.330 e. The van der Waals surface area contributed by atoms with Crippen LogP contribution in [-0.4, -0.2) is 6.54 Å². The molecule has 0 radical (unpaired) electrons. The molecule has 2 N–H and O–H groups in total. The molecule has 1 nitrogen and oxygen atoms in total. The fraction of sp³-hybridized carbons (Fsp3) is 0.125. The first-order valence-electron chi connectivity index (χ1n) is 5.99. The number of fused-ring (bicyclic) bond motifs is 3. The van der Waals surface area contributed by atoms with Crippen LogP contribution < -0.4 is 5.73 Å². The lowest BCUT2D eigenvalue weighted by Crippen LogP contribution is -2.03. The third-order valence-corrected chi connectivity index (χ3v) is 3.27. The molecule has 3 rings (SSSR count). The Bertz CT molecular complexity index is 670. The first-order valence-corrected chi connectivity index (χ1v) is 5.99. The van der Waals surface area contributed by atoms with Gasteiger partial charge in [-0.25, -0.2) is 0 Å². The maximum atomic E-state index is 5.70. The summed E-state index contributed by atoms with van der Waals surface area (Å²) in [5, 5.41) is 5.28. The molecule has 0 fully saturated rings. The Kier molecular flexibility index (Phi) is 2.54. The topological polar surface area (TPSA) is 26.0 Å². The molecule has 84 valence electrons. The van der Waals surface area contributed by atoms with E-state index in [1.165, 1.54) is 27.1 Å². The van der Waals surface area contributed by atoms with Gasteiger partial charge in [0.15, 0.2) is 0 Å². The van der Waals surface area contributed by atoms with E-state index in [9.17, 15) is 0 Å². The first kappa shape index (κ1) is 10.3. The van der Waals surface area contributed by atoms with Crippen LogP contribution in [0.3, 0.4) is 0 Å². The average Bonchev–Trinajstić information content (AvgIpc) is 2.39. The summed E-state index contributed by atoms with van der Waals surface area (Å²) < 4.78 is 0. The Morgan fingerprint density at radius 3 is 2.18 bits per heavy atom. The Hall–Kier alpha value is -1.86. The molecule has 0 heterocycles. The normalized spacial score (nSPS) is 11.1. The fourth-order valence-electron chi connectivity index (χ4n) is 2.49. The van der Waals surface area contributed by atoms with Crippen molar-refractivity contribution in [1.82, 2.24) is 0 Å². The van der Waals surface area contributed by atoms with Crippen LogP contribution in [0.4, 0.5) is 0 Å². The van der Waals surface area contributed by atoms with E-state index in [-0.39, 0.29) is 0 Å². The van der Waals surface area contributed by atoms with Gasteiger partial charge in [-0.15, -0.1) is 0 Å².